The van der Waals surface area contributed by atoms with Gasteiger partial charge in [0.2, 0.25) is 0 Å². The number of benzene rings is 2. The van der Waals surface area contributed by atoms with Gasteiger partial charge in [-0.1, -0.05) is 17.9 Å². The minimum atomic E-state index is -4.57. The predicted octanol–water partition coefficient (Wildman–Crippen LogP) is 5.86. The van der Waals surface area contributed by atoms with E-state index in [-0.39, 0.29) is 5.69 Å². The third kappa shape index (κ3) is 6.15. The summed E-state index contributed by atoms with van der Waals surface area (Å²) in [6.45, 7) is 4.02. The first-order chi connectivity index (χ1) is 20.6. The number of carbonyl (C=O) groups is 1. The van der Waals surface area contributed by atoms with Crippen molar-refractivity contribution in [1.82, 2.24) is 29.2 Å². The number of likely N-dealkylation sites (tertiary alicyclic amines) is 1. The summed E-state index contributed by atoms with van der Waals surface area (Å²) in [5.41, 5.74) is 4.14. The van der Waals surface area contributed by atoms with Crippen LogP contribution in [0.2, 0.25) is 0 Å². The molecule has 6 rings (SSSR count). The zero-order valence-electron chi connectivity index (χ0n) is 23.6. The van der Waals surface area contributed by atoms with Crippen LogP contribution in [0, 0.1) is 18.8 Å². The number of aryl methyl sites for hydroxylation is 1. The predicted molar refractivity (Wildman–Crippen MR) is 157 cm³/mol. The van der Waals surface area contributed by atoms with Gasteiger partial charge < -0.3 is 10.2 Å². The second kappa shape index (κ2) is 11.4. The molecule has 11 heteroatoms. The van der Waals surface area contributed by atoms with Crippen LogP contribution in [0.3, 0.4) is 0 Å². The van der Waals surface area contributed by atoms with Crippen LogP contribution in [0.4, 0.5) is 18.9 Å². The number of fused-ring (bicyclic) bond motifs is 1. The molecular formula is C32H28F3N7O. The number of anilines is 1. The van der Waals surface area contributed by atoms with Gasteiger partial charge in [-0.2, -0.15) is 18.3 Å². The van der Waals surface area contributed by atoms with Crippen LogP contribution in [-0.4, -0.2) is 55.3 Å². The van der Waals surface area contributed by atoms with Gasteiger partial charge in [-0.05, 0) is 87.9 Å². The number of alkyl halides is 3. The summed E-state index contributed by atoms with van der Waals surface area (Å²) in [7, 11) is 2.14. The fourth-order valence-electron chi connectivity index (χ4n) is 5.11. The quantitative estimate of drug-likeness (QED) is 0.268. The largest absolute Gasteiger partial charge is 0.416 e. The zero-order valence-corrected chi connectivity index (χ0v) is 23.6. The van der Waals surface area contributed by atoms with Crippen molar-refractivity contribution in [2.24, 2.45) is 0 Å². The Kier molecular flexibility index (Phi) is 7.46. The molecule has 0 unspecified atom stereocenters. The smallest absolute Gasteiger partial charge is 0.321 e. The Balaban J connectivity index is 1.18. The number of nitrogens with one attached hydrogen (secondary N) is 1. The fraction of sp³-hybridized carbons (Fsp3) is 0.250. The lowest BCUT2D eigenvalue weighted by molar-refractivity contribution is -0.137. The number of pyridine rings is 1. The number of nitrogens with zero attached hydrogens (tertiary/aromatic N) is 6. The minimum absolute atomic E-state index is 0.329. The molecule has 8 nitrogen and oxygen atoms in total. The molecule has 218 valence electrons. The van der Waals surface area contributed by atoms with Gasteiger partial charge in [-0.25, -0.2) is 4.98 Å². The third-order valence-corrected chi connectivity index (χ3v) is 7.63. The Bertz CT molecular complexity index is 1870. The monoisotopic (exact) mass is 583 g/mol. The van der Waals surface area contributed by atoms with E-state index >= 15 is 0 Å². The Labute approximate surface area is 246 Å². The molecule has 1 N–H and O–H groups in total. The van der Waals surface area contributed by atoms with Crippen molar-refractivity contribution in [2.45, 2.75) is 32.0 Å². The van der Waals surface area contributed by atoms with Crippen molar-refractivity contribution in [3.63, 3.8) is 0 Å². The standard InChI is InChI=1S/C32H28F3N7O/c1-21-3-7-25(39-31(43)29-17-24(9-12-36-29)32(33,34)35)16-23(21)6-4-22-5-8-30-28(15-22)37-20-41(30)27-18-38-42(19-27)26-10-13-40(2)14-11-26/h3,5,7-9,12,15-20,26H,10-11,13-14H2,1-2H3,(H,39,43). The van der Waals surface area contributed by atoms with Crippen LogP contribution in [0.25, 0.3) is 16.7 Å². The summed E-state index contributed by atoms with van der Waals surface area (Å²) in [5.74, 6) is 5.56. The normalized spacial score (nSPS) is 14.4. The highest BCUT2D eigenvalue weighted by Crippen LogP contribution is 2.29. The van der Waals surface area contributed by atoms with Gasteiger partial charge in [0.05, 0.1) is 34.5 Å². The van der Waals surface area contributed by atoms with Gasteiger partial charge in [0.15, 0.2) is 0 Å². The first kappa shape index (κ1) is 28.2. The van der Waals surface area contributed by atoms with Crippen molar-refractivity contribution >= 4 is 22.6 Å². The van der Waals surface area contributed by atoms with E-state index in [9.17, 15) is 18.0 Å². The van der Waals surface area contributed by atoms with Crippen LogP contribution in [-0.2, 0) is 6.18 Å². The van der Waals surface area contributed by atoms with E-state index in [1.807, 2.05) is 35.9 Å². The Morgan fingerprint density at radius 1 is 1.02 bits per heavy atom. The molecule has 1 aliphatic rings. The van der Waals surface area contributed by atoms with E-state index in [1.54, 1.807) is 24.5 Å². The lowest BCUT2D eigenvalue weighted by Crippen LogP contribution is -2.31. The first-order valence-electron chi connectivity index (χ1n) is 13.8. The van der Waals surface area contributed by atoms with Crippen molar-refractivity contribution in [3.8, 4) is 17.5 Å². The molecule has 0 saturated carbocycles. The van der Waals surface area contributed by atoms with Crippen LogP contribution in [0.1, 0.15) is 51.6 Å². The maximum atomic E-state index is 13.0. The van der Waals surface area contributed by atoms with Crippen LogP contribution in [0.15, 0.2) is 73.4 Å². The molecule has 0 aliphatic carbocycles. The summed E-state index contributed by atoms with van der Waals surface area (Å²) in [5, 5.41) is 7.24. The Morgan fingerprint density at radius 3 is 2.63 bits per heavy atom. The average molecular weight is 584 g/mol. The van der Waals surface area contributed by atoms with Gasteiger partial charge in [0.25, 0.3) is 5.91 Å². The number of aromatic nitrogens is 5. The average Bonchev–Trinajstić information content (AvgIpc) is 3.65. The van der Waals surface area contributed by atoms with E-state index in [0.717, 1.165) is 72.1 Å². The molecule has 1 amide bonds. The number of hydrogen-bond donors (Lipinski definition) is 1. The molecular weight excluding hydrogens is 555 g/mol. The minimum Gasteiger partial charge on any atom is -0.321 e. The van der Waals surface area contributed by atoms with E-state index in [1.165, 1.54) is 0 Å². The van der Waals surface area contributed by atoms with Crippen molar-refractivity contribution in [1.29, 1.82) is 0 Å². The molecule has 1 aliphatic heterocycles. The molecule has 2 aromatic carbocycles. The van der Waals surface area contributed by atoms with E-state index in [0.29, 0.717) is 17.3 Å². The zero-order chi connectivity index (χ0) is 30.1. The maximum absolute atomic E-state index is 13.0. The van der Waals surface area contributed by atoms with Gasteiger partial charge in [0, 0.05) is 29.2 Å². The number of carbonyl (C=O) groups excluding carboxylic acids is 1. The van der Waals surface area contributed by atoms with Crippen molar-refractivity contribution in [3.05, 3.63) is 101 Å². The van der Waals surface area contributed by atoms with E-state index < -0.39 is 17.6 Å². The fourth-order valence-corrected chi connectivity index (χ4v) is 5.11. The lowest BCUT2D eigenvalue weighted by Gasteiger charge is -2.28. The SMILES string of the molecule is Cc1ccc(NC(=O)c2cc(C(F)(F)F)ccn2)cc1C#Cc1ccc2c(c1)ncn2-c1cnn(C2CCN(C)CC2)c1. The Morgan fingerprint density at radius 2 is 1.84 bits per heavy atom. The molecule has 0 bridgehead atoms. The second-order valence-corrected chi connectivity index (χ2v) is 10.7. The number of hydrogen-bond acceptors (Lipinski definition) is 5. The summed E-state index contributed by atoms with van der Waals surface area (Å²) in [6, 6.07) is 12.9. The molecule has 1 fully saturated rings. The van der Waals surface area contributed by atoms with Crippen LogP contribution in [0.5, 0.6) is 0 Å². The summed E-state index contributed by atoms with van der Waals surface area (Å²) in [6.07, 6.45) is 4.27. The highest BCUT2D eigenvalue weighted by molar-refractivity contribution is 6.03. The third-order valence-electron chi connectivity index (χ3n) is 7.63. The first-order valence-corrected chi connectivity index (χ1v) is 13.8. The molecule has 0 atom stereocenters. The highest BCUT2D eigenvalue weighted by Gasteiger charge is 2.31. The molecule has 4 heterocycles. The second-order valence-electron chi connectivity index (χ2n) is 10.7. The van der Waals surface area contributed by atoms with Gasteiger partial charge >= 0.3 is 6.18 Å². The number of imidazole rings is 1. The topological polar surface area (TPSA) is 80.9 Å². The number of piperidine rings is 1. The maximum Gasteiger partial charge on any atom is 0.416 e. The van der Waals surface area contributed by atoms with Gasteiger partial charge in [-0.3, -0.25) is 19.0 Å². The summed E-state index contributed by atoms with van der Waals surface area (Å²) < 4.78 is 43.2. The number of rotatable bonds is 4. The Hall–Kier alpha value is -4.95. The molecule has 43 heavy (non-hydrogen) atoms. The van der Waals surface area contributed by atoms with Crippen LogP contribution < -0.4 is 5.32 Å². The van der Waals surface area contributed by atoms with Crippen LogP contribution >= 0.6 is 0 Å². The number of halogens is 3. The van der Waals surface area contributed by atoms with E-state index in [2.05, 4.69) is 55.1 Å². The van der Waals surface area contributed by atoms with Gasteiger partial charge in [0.1, 0.15) is 12.0 Å². The van der Waals surface area contributed by atoms with Crippen molar-refractivity contribution < 1.29 is 18.0 Å². The highest BCUT2D eigenvalue weighted by atomic mass is 19.4. The van der Waals surface area contributed by atoms with Crippen molar-refractivity contribution in [2.75, 3.05) is 25.5 Å². The molecule has 0 spiro atoms. The molecule has 3 aromatic heterocycles. The molecule has 1 saturated heterocycles. The number of amides is 1. The molecule has 5 aromatic rings. The van der Waals surface area contributed by atoms with E-state index in [4.69, 9.17) is 0 Å². The lowest BCUT2D eigenvalue weighted by atomic mass is 10.1. The summed E-state index contributed by atoms with van der Waals surface area (Å²) >= 11 is 0. The van der Waals surface area contributed by atoms with Gasteiger partial charge in [-0.15, -0.1) is 0 Å². The summed E-state index contributed by atoms with van der Waals surface area (Å²) in [4.78, 5) is 23.3. The molecule has 0 radical (unpaired) electrons.